The van der Waals surface area contributed by atoms with Crippen LogP contribution in [0.15, 0.2) is 48.5 Å². The Morgan fingerprint density at radius 3 is 2.32 bits per heavy atom. The number of rotatable bonds is 6. The Labute approximate surface area is 167 Å². The summed E-state index contributed by atoms with van der Waals surface area (Å²) in [5.74, 6) is 1.25. The Hall–Kier alpha value is -3.32. The third kappa shape index (κ3) is 4.69. The molecule has 0 aliphatic heterocycles. The molecule has 0 spiro atoms. The van der Waals surface area contributed by atoms with Crippen LogP contribution in [0.1, 0.15) is 16.1 Å². The predicted octanol–water partition coefficient (Wildman–Crippen LogP) is 4.72. The summed E-state index contributed by atoms with van der Waals surface area (Å²) in [6.45, 7) is 1.87. The predicted molar refractivity (Wildman–Crippen MR) is 109 cm³/mol. The molecule has 0 fully saturated rings. The third-order valence-electron chi connectivity index (χ3n) is 3.84. The van der Waals surface area contributed by atoms with Crippen LogP contribution in [0.3, 0.4) is 0 Å². The van der Waals surface area contributed by atoms with Crippen molar-refractivity contribution >= 4 is 40.7 Å². The van der Waals surface area contributed by atoms with Gasteiger partial charge >= 0.3 is 5.97 Å². The molecular formula is C20H19ClN4O3. The molecule has 1 heterocycles. The average molecular weight is 399 g/mol. The molecule has 0 amide bonds. The average Bonchev–Trinajstić information content (AvgIpc) is 2.67. The van der Waals surface area contributed by atoms with Crippen LogP contribution in [0.2, 0.25) is 5.02 Å². The topological polar surface area (TPSA) is 85.4 Å². The first kappa shape index (κ1) is 19.4. The number of aromatic nitrogens is 2. The second kappa shape index (κ2) is 8.58. The lowest BCUT2D eigenvalue weighted by atomic mass is 10.2. The molecular weight excluding hydrogens is 380 g/mol. The summed E-state index contributed by atoms with van der Waals surface area (Å²) in [4.78, 5) is 20.4. The number of esters is 1. The van der Waals surface area contributed by atoms with Crippen molar-refractivity contribution < 1.29 is 14.3 Å². The molecule has 3 aromatic rings. The molecule has 2 aromatic carbocycles. The van der Waals surface area contributed by atoms with Crippen LogP contribution in [0.5, 0.6) is 5.75 Å². The van der Waals surface area contributed by atoms with Crippen LogP contribution in [0.4, 0.5) is 23.1 Å². The van der Waals surface area contributed by atoms with E-state index in [0.29, 0.717) is 28.1 Å². The number of ether oxygens (including phenoxy) is 2. The largest absolute Gasteiger partial charge is 0.495 e. The number of hydrogen-bond acceptors (Lipinski definition) is 7. The van der Waals surface area contributed by atoms with Gasteiger partial charge in [-0.25, -0.2) is 9.78 Å². The summed E-state index contributed by atoms with van der Waals surface area (Å²) < 4.78 is 9.86. The van der Waals surface area contributed by atoms with Gasteiger partial charge in [-0.3, -0.25) is 0 Å². The number of nitrogens with zero attached hydrogens (tertiary/aromatic N) is 2. The molecule has 0 aliphatic rings. The SMILES string of the molecule is COC(=O)c1ccc(Nc2nc(C)cc(Nc3ccc(OC)c(Cl)c3)n2)cc1. The van der Waals surface area contributed by atoms with Gasteiger partial charge in [-0.2, -0.15) is 4.98 Å². The number of anilines is 4. The van der Waals surface area contributed by atoms with Gasteiger partial charge in [0.15, 0.2) is 0 Å². The van der Waals surface area contributed by atoms with Crippen LogP contribution in [0.25, 0.3) is 0 Å². The van der Waals surface area contributed by atoms with E-state index in [0.717, 1.165) is 17.1 Å². The van der Waals surface area contributed by atoms with E-state index in [1.807, 2.05) is 19.1 Å². The van der Waals surface area contributed by atoms with Gasteiger partial charge in [-0.1, -0.05) is 11.6 Å². The minimum atomic E-state index is -0.386. The normalized spacial score (nSPS) is 10.3. The van der Waals surface area contributed by atoms with Crippen LogP contribution in [-0.4, -0.2) is 30.2 Å². The fourth-order valence-electron chi connectivity index (χ4n) is 2.52. The Morgan fingerprint density at radius 1 is 0.964 bits per heavy atom. The highest BCUT2D eigenvalue weighted by Crippen LogP contribution is 2.29. The van der Waals surface area contributed by atoms with Crippen LogP contribution in [0, 0.1) is 6.92 Å². The minimum Gasteiger partial charge on any atom is -0.495 e. The molecule has 0 aliphatic carbocycles. The first-order valence-electron chi connectivity index (χ1n) is 8.40. The van der Waals surface area contributed by atoms with Gasteiger partial charge in [0.25, 0.3) is 0 Å². The van der Waals surface area contributed by atoms with Crippen molar-refractivity contribution in [1.29, 1.82) is 0 Å². The molecule has 0 unspecified atom stereocenters. The van der Waals surface area contributed by atoms with Crippen molar-refractivity contribution in [3.05, 3.63) is 64.8 Å². The fraction of sp³-hybridized carbons (Fsp3) is 0.150. The quantitative estimate of drug-likeness (QED) is 0.581. The number of carbonyl (C=O) groups excluding carboxylic acids is 1. The Kier molecular flexibility index (Phi) is 5.96. The van der Waals surface area contributed by atoms with Gasteiger partial charge < -0.3 is 20.1 Å². The first-order chi connectivity index (χ1) is 13.5. The summed E-state index contributed by atoms with van der Waals surface area (Å²) in [5, 5.41) is 6.83. The van der Waals surface area contributed by atoms with E-state index < -0.39 is 0 Å². The first-order valence-corrected chi connectivity index (χ1v) is 8.78. The molecule has 7 nitrogen and oxygen atoms in total. The van der Waals surface area contributed by atoms with Crippen molar-refractivity contribution in [1.82, 2.24) is 9.97 Å². The molecule has 0 saturated carbocycles. The van der Waals surface area contributed by atoms with Crippen LogP contribution in [-0.2, 0) is 4.74 Å². The van der Waals surface area contributed by atoms with E-state index in [1.54, 1.807) is 43.5 Å². The van der Waals surface area contributed by atoms with Gasteiger partial charge in [-0.15, -0.1) is 0 Å². The maximum Gasteiger partial charge on any atom is 0.337 e. The number of hydrogen-bond donors (Lipinski definition) is 2. The highest BCUT2D eigenvalue weighted by atomic mass is 35.5. The number of methoxy groups -OCH3 is 2. The standard InChI is InChI=1S/C20H19ClN4O3/c1-12-10-18(23-15-8-9-17(27-2)16(21)11-15)25-20(22-12)24-14-6-4-13(5-7-14)19(26)28-3/h4-11H,1-3H3,(H2,22,23,24,25). The molecule has 0 bridgehead atoms. The monoisotopic (exact) mass is 398 g/mol. The number of nitrogens with one attached hydrogen (secondary N) is 2. The highest BCUT2D eigenvalue weighted by Gasteiger charge is 2.08. The van der Waals surface area contributed by atoms with Gasteiger partial charge in [0.1, 0.15) is 11.6 Å². The molecule has 0 atom stereocenters. The van der Waals surface area contributed by atoms with Crippen LogP contribution >= 0.6 is 11.6 Å². The van der Waals surface area contributed by atoms with E-state index in [-0.39, 0.29) is 5.97 Å². The summed E-state index contributed by atoms with van der Waals surface area (Å²) in [6.07, 6.45) is 0. The molecule has 1 aromatic heterocycles. The molecule has 2 N–H and O–H groups in total. The number of halogens is 1. The lowest BCUT2D eigenvalue weighted by Crippen LogP contribution is -2.03. The minimum absolute atomic E-state index is 0.386. The zero-order chi connectivity index (χ0) is 20.1. The van der Waals surface area contributed by atoms with Crippen molar-refractivity contribution in [2.45, 2.75) is 6.92 Å². The molecule has 0 radical (unpaired) electrons. The smallest absolute Gasteiger partial charge is 0.337 e. The van der Waals surface area contributed by atoms with Crippen molar-refractivity contribution in [2.24, 2.45) is 0 Å². The maximum absolute atomic E-state index is 11.5. The lowest BCUT2D eigenvalue weighted by molar-refractivity contribution is 0.0601. The summed E-state index contributed by atoms with van der Waals surface area (Å²) >= 11 is 6.17. The molecule has 144 valence electrons. The Morgan fingerprint density at radius 2 is 1.68 bits per heavy atom. The molecule has 3 rings (SSSR count). The summed E-state index contributed by atoms with van der Waals surface area (Å²) in [7, 11) is 2.91. The van der Waals surface area contributed by atoms with Crippen molar-refractivity contribution in [3.8, 4) is 5.75 Å². The number of benzene rings is 2. The fourth-order valence-corrected chi connectivity index (χ4v) is 2.77. The third-order valence-corrected chi connectivity index (χ3v) is 4.14. The second-order valence-electron chi connectivity index (χ2n) is 5.89. The number of carbonyl (C=O) groups is 1. The lowest BCUT2D eigenvalue weighted by Gasteiger charge is -2.11. The van der Waals surface area contributed by atoms with E-state index in [4.69, 9.17) is 21.1 Å². The highest BCUT2D eigenvalue weighted by molar-refractivity contribution is 6.32. The van der Waals surface area contributed by atoms with E-state index in [2.05, 4.69) is 20.6 Å². The maximum atomic E-state index is 11.5. The second-order valence-corrected chi connectivity index (χ2v) is 6.29. The molecule has 0 saturated heterocycles. The molecule has 8 heteroatoms. The van der Waals surface area contributed by atoms with Gasteiger partial charge in [0.05, 0.1) is 24.8 Å². The van der Waals surface area contributed by atoms with E-state index >= 15 is 0 Å². The van der Waals surface area contributed by atoms with Crippen molar-refractivity contribution in [2.75, 3.05) is 24.9 Å². The number of aryl methyl sites for hydroxylation is 1. The van der Waals surface area contributed by atoms with Gasteiger partial charge in [-0.05, 0) is 49.4 Å². The summed E-state index contributed by atoms with van der Waals surface area (Å²) in [6, 6.07) is 14.1. The Balaban J connectivity index is 1.77. The zero-order valence-electron chi connectivity index (χ0n) is 15.6. The van der Waals surface area contributed by atoms with Crippen molar-refractivity contribution in [3.63, 3.8) is 0 Å². The van der Waals surface area contributed by atoms with Gasteiger partial charge in [0, 0.05) is 23.1 Å². The zero-order valence-corrected chi connectivity index (χ0v) is 16.4. The van der Waals surface area contributed by atoms with Crippen LogP contribution < -0.4 is 15.4 Å². The van der Waals surface area contributed by atoms with E-state index in [1.165, 1.54) is 7.11 Å². The van der Waals surface area contributed by atoms with E-state index in [9.17, 15) is 4.79 Å². The molecule has 28 heavy (non-hydrogen) atoms. The van der Waals surface area contributed by atoms with Gasteiger partial charge in [0.2, 0.25) is 5.95 Å². The Bertz CT molecular complexity index is 993. The summed E-state index contributed by atoms with van der Waals surface area (Å²) in [5.41, 5.74) is 2.77.